The Morgan fingerprint density at radius 1 is 1.07 bits per heavy atom. The lowest BCUT2D eigenvalue weighted by atomic mass is 10.1. The third kappa shape index (κ3) is 6.07. The average molecular weight is 405 g/mol. The summed E-state index contributed by atoms with van der Waals surface area (Å²) in [6.45, 7) is 4.13. The number of unbranched alkanes of at least 4 members (excludes halogenated alkanes) is 1. The van der Waals surface area contributed by atoms with E-state index in [0.29, 0.717) is 24.2 Å². The largest absolute Gasteiger partial charge is 0.396 e. The van der Waals surface area contributed by atoms with Gasteiger partial charge in [0.05, 0.1) is 4.90 Å². The Bertz CT molecular complexity index is 893. The van der Waals surface area contributed by atoms with E-state index in [-0.39, 0.29) is 23.0 Å². The van der Waals surface area contributed by atoms with Gasteiger partial charge < -0.3 is 10.4 Å². The highest BCUT2D eigenvalue weighted by atomic mass is 32.2. The normalized spacial score (nSPS) is 11.2. The fourth-order valence-corrected chi connectivity index (χ4v) is 4.07. The van der Waals surface area contributed by atoms with E-state index in [2.05, 4.69) is 17.0 Å². The van der Waals surface area contributed by atoms with Gasteiger partial charge >= 0.3 is 0 Å². The molecule has 6 nitrogen and oxygen atoms in total. The van der Waals surface area contributed by atoms with Gasteiger partial charge in [-0.1, -0.05) is 31.5 Å². The maximum Gasteiger partial charge on any atom is 0.262 e. The van der Waals surface area contributed by atoms with E-state index < -0.39 is 10.0 Å². The van der Waals surface area contributed by atoms with E-state index in [1.54, 1.807) is 31.2 Å². The minimum atomic E-state index is -3.82. The van der Waals surface area contributed by atoms with Crippen LogP contribution in [0, 0.1) is 6.92 Å². The number of carbonyl (C=O) groups is 1. The molecular weight excluding hydrogens is 376 g/mol. The number of benzene rings is 2. The van der Waals surface area contributed by atoms with E-state index in [0.717, 1.165) is 19.3 Å². The molecule has 0 saturated carbocycles. The second-order valence-corrected chi connectivity index (χ2v) is 8.37. The summed E-state index contributed by atoms with van der Waals surface area (Å²) >= 11 is 0. The summed E-state index contributed by atoms with van der Waals surface area (Å²) < 4.78 is 28.3. The molecule has 0 radical (unpaired) electrons. The van der Waals surface area contributed by atoms with Crippen LogP contribution in [0.25, 0.3) is 0 Å². The van der Waals surface area contributed by atoms with Crippen LogP contribution in [0.5, 0.6) is 0 Å². The zero-order valence-corrected chi connectivity index (χ0v) is 17.2. The summed E-state index contributed by atoms with van der Waals surface area (Å²) in [6.07, 6.45) is 3.61. The lowest BCUT2D eigenvalue weighted by Crippen LogP contribution is -2.25. The molecule has 0 saturated heterocycles. The Kier molecular flexibility index (Phi) is 8.02. The maximum absolute atomic E-state index is 12.8. The van der Waals surface area contributed by atoms with Crippen LogP contribution in [0.1, 0.15) is 47.7 Å². The highest BCUT2D eigenvalue weighted by Crippen LogP contribution is 2.21. The molecule has 7 heteroatoms. The highest BCUT2D eigenvalue weighted by molar-refractivity contribution is 7.92. The zero-order chi connectivity index (χ0) is 20.6. The van der Waals surface area contributed by atoms with E-state index in [9.17, 15) is 13.2 Å². The second kappa shape index (κ2) is 10.2. The van der Waals surface area contributed by atoms with Gasteiger partial charge in [-0.3, -0.25) is 9.52 Å². The molecule has 0 aromatic heterocycles. The van der Waals surface area contributed by atoms with Gasteiger partial charge in [-0.25, -0.2) is 8.42 Å². The molecule has 0 bridgehead atoms. The summed E-state index contributed by atoms with van der Waals surface area (Å²) in [6, 6.07) is 11.9. The molecule has 0 spiro atoms. The Morgan fingerprint density at radius 3 is 2.43 bits per heavy atom. The zero-order valence-electron chi connectivity index (χ0n) is 16.4. The van der Waals surface area contributed by atoms with Crippen molar-refractivity contribution >= 4 is 21.6 Å². The van der Waals surface area contributed by atoms with Crippen LogP contribution in [-0.4, -0.2) is 32.6 Å². The van der Waals surface area contributed by atoms with Crippen molar-refractivity contribution in [3.8, 4) is 0 Å². The first-order valence-corrected chi connectivity index (χ1v) is 11.0. The molecule has 152 valence electrons. The molecule has 2 rings (SSSR count). The number of hydrogen-bond acceptors (Lipinski definition) is 4. The minimum absolute atomic E-state index is 0.0189. The highest BCUT2D eigenvalue weighted by Gasteiger charge is 2.19. The molecule has 28 heavy (non-hydrogen) atoms. The molecular formula is C21H28N2O4S. The lowest BCUT2D eigenvalue weighted by molar-refractivity contribution is 0.0951. The summed E-state index contributed by atoms with van der Waals surface area (Å²) in [5, 5.41) is 11.5. The molecule has 1 amide bonds. The smallest absolute Gasteiger partial charge is 0.262 e. The van der Waals surface area contributed by atoms with Gasteiger partial charge in [-0.2, -0.15) is 0 Å². The van der Waals surface area contributed by atoms with Crippen molar-refractivity contribution in [3.05, 3.63) is 59.2 Å². The predicted octanol–water partition coefficient (Wildman–Crippen LogP) is 3.25. The Hall–Kier alpha value is -2.38. The van der Waals surface area contributed by atoms with Gasteiger partial charge in [-0.15, -0.1) is 0 Å². The summed E-state index contributed by atoms with van der Waals surface area (Å²) in [4.78, 5) is 12.3. The molecule has 0 heterocycles. The van der Waals surface area contributed by atoms with Gasteiger partial charge in [0.1, 0.15) is 0 Å². The van der Waals surface area contributed by atoms with E-state index >= 15 is 0 Å². The van der Waals surface area contributed by atoms with Crippen LogP contribution in [0.4, 0.5) is 5.69 Å². The van der Waals surface area contributed by atoms with E-state index in [4.69, 9.17) is 5.11 Å². The monoisotopic (exact) mass is 404 g/mol. The first kappa shape index (κ1) is 21.9. The topological polar surface area (TPSA) is 95.5 Å². The van der Waals surface area contributed by atoms with Gasteiger partial charge in [0.2, 0.25) is 0 Å². The third-order valence-electron chi connectivity index (χ3n) is 4.39. The van der Waals surface area contributed by atoms with Crippen molar-refractivity contribution in [2.45, 2.75) is 44.4 Å². The predicted molar refractivity (Wildman–Crippen MR) is 111 cm³/mol. The molecule has 0 atom stereocenters. The fraction of sp³-hybridized carbons (Fsp3) is 0.381. The van der Waals surface area contributed by atoms with Crippen molar-refractivity contribution in [3.63, 3.8) is 0 Å². The van der Waals surface area contributed by atoms with Crippen LogP contribution in [0.15, 0.2) is 47.4 Å². The van der Waals surface area contributed by atoms with Crippen molar-refractivity contribution in [1.82, 2.24) is 5.32 Å². The number of anilines is 1. The lowest BCUT2D eigenvalue weighted by Gasteiger charge is -2.13. The number of aliphatic hydroxyl groups excluding tert-OH is 1. The van der Waals surface area contributed by atoms with Crippen LogP contribution < -0.4 is 10.0 Å². The SMILES string of the molecule is CCCCc1ccc(NS(=O)(=O)c2cc(C(=O)NCCCO)ccc2C)cc1. The number of carbonyl (C=O) groups excluding carboxylic acids is 1. The third-order valence-corrected chi connectivity index (χ3v) is 5.91. The Labute approximate surface area is 167 Å². The summed E-state index contributed by atoms with van der Waals surface area (Å²) in [5.74, 6) is -0.370. The number of aryl methyl sites for hydroxylation is 2. The molecule has 0 aliphatic rings. The van der Waals surface area contributed by atoms with Crippen molar-refractivity contribution in [2.24, 2.45) is 0 Å². The molecule has 2 aromatic carbocycles. The van der Waals surface area contributed by atoms with Crippen molar-refractivity contribution in [1.29, 1.82) is 0 Å². The van der Waals surface area contributed by atoms with Gasteiger partial charge in [-0.05, 0) is 61.6 Å². The first-order chi connectivity index (χ1) is 13.4. The number of sulfonamides is 1. The van der Waals surface area contributed by atoms with Gasteiger partial charge in [0.25, 0.3) is 15.9 Å². The molecule has 2 aromatic rings. The van der Waals surface area contributed by atoms with Crippen molar-refractivity contribution in [2.75, 3.05) is 17.9 Å². The van der Waals surface area contributed by atoms with Crippen molar-refractivity contribution < 1.29 is 18.3 Å². The molecule has 0 unspecified atom stereocenters. The molecule has 0 aliphatic heterocycles. The number of aliphatic hydroxyl groups is 1. The number of rotatable bonds is 10. The van der Waals surface area contributed by atoms with Crippen LogP contribution in [0.2, 0.25) is 0 Å². The second-order valence-electron chi connectivity index (χ2n) is 6.72. The standard InChI is InChI=1S/C21H28N2O4S/c1-3-4-6-17-8-11-19(12-9-17)23-28(26,27)20-15-18(10-7-16(20)2)21(25)22-13-5-14-24/h7-12,15,23-24H,3-6,13-14H2,1-2H3,(H,22,25). The average Bonchev–Trinajstić information content (AvgIpc) is 2.67. The number of hydrogen-bond donors (Lipinski definition) is 3. The van der Waals surface area contributed by atoms with Gasteiger partial charge in [0, 0.05) is 24.4 Å². The first-order valence-electron chi connectivity index (χ1n) is 9.49. The Balaban J connectivity index is 2.17. The maximum atomic E-state index is 12.8. The summed E-state index contributed by atoms with van der Waals surface area (Å²) in [7, 11) is -3.82. The molecule has 0 fully saturated rings. The minimum Gasteiger partial charge on any atom is -0.396 e. The van der Waals surface area contributed by atoms with Crippen LogP contribution in [-0.2, 0) is 16.4 Å². The Morgan fingerprint density at radius 2 is 1.79 bits per heavy atom. The number of nitrogens with one attached hydrogen (secondary N) is 2. The van der Waals surface area contributed by atoms with Gasteiger partial charge in [0.15, 0.2) is 0 Å². The van der Waals surface area contributed by atoms with Crippen LogP contribution in [0.3, 0.4) is 0 Å². The van der Waals surface area contributed by atoms with Crippen LogP contribution >= 0.6 is 0 Å². The molecule has 0 aliphatic carbocycles. The number of amides is 1. The summed E-state index contributed by atoms with van der Waals surface area (Å²) in [5.41, 5.74) is 2.47. The quantitative estimate of drug-likeness (QED) is 0.530. The van der Waals surface area contributed by atoms with E-state index in [1.165, 1.54) is 11.6 Å². The molecule has 3 N–H and O–H groups in total. The fourth-order valence-electron chi connectivity index (χ4n) is 2.74. The van der Waals surface area contributed by atoms with E-state index in [1.807, 2.05) is 12.1 Å².